The smallest absolute Gasteiger partial charge is 0.326 e. The molecule has 0 fully saturated rings. The summed E-state index contributed by atoms with van der Waals surface area (Å²) < 4.78 is 0. The van der Waals surface area contributed by atoms with Crippen LogP contribution < -0.4 is 11.1 Å². The van der Waals surface area contributed by atoms with Gasteiger partial charge in [-0.3, -0.25) is 4.79 Å². The van der Waals surface area contributed by atoms with E-state index in [-0.39, 0.29) is 11.8 Å². The fourth-order valence-electron chi connectivity index (χ4n) is 1.32. The normalized spacial score (nSPS) is 16.0. The molecule has 0 aromatic heterocycles. The van der Waals surface area contributed by atoms with Crippen molar-refractivity contribution in [3.63, 3.8) is 0 Å². The Morgan fingerprint density at radius 2 is 2.06 bits per heavy atom. The van der Waals surface area contributed by atoms with E-state index in [9.17, 15) is 9.59 Å². The third kappa shape index (κ3) is 5.93. The highest BCUT2D eigenvalue weighted by molar-refractivity contribution is 7.98. The van der Waals surface area contributed by atoms with Gasteiger partial charge in [-0.15, -0.1) is 0 Å². The van der Waals surface area contributed by atoms with Gasteiger partial charge in [0.05, 0.1) is 6.04 Å². The van der Waals surface area contributed by atoms with Crippen LogP contribution in [-0.4, -0.2) is 41.1 Å². The molecular formula is C11H22N2O3S. The maximum Gasteiger partial charge on any atom is 0.326 e. The van der Waals surface area contributed by atoms with Crippen molar-refractivity contribution in [1.82, 2.24) is 5.32 Å². The second-order valence-electron chi connectivity index (χ2n) is 4.10. The third-order valence-electron chi connectivity index (χ3n) is 2.75. The highest BCUT2D eigenvalue weighted by Gasteiger charge is 2.27. The molecule has 0 spiro atoms. The van der Waals surface area contributed by atoms with Gasteiger partial charge in [-0.2, -0.15) is 11.8 Å². The Kier molecular flexibility index (Phi) is 7.99. The van der Waals surface area contributed by atoms with Crippen LogP contribution in [-0.2, 0) is 9.59 Å². The van der Waals surface area contributed by atoms with Crippen molar-refractivity contribution in [3.05, 3.63) is 0 Å². The number of amides is 1. The van der Waals surface area contributed by atoms with Gasteiger partial charge < -0.3 is 16.2 Å². The number of aliphatic carboxylic acids is 1. The Hall–Kier alpha value is -0.750. The molecule has 0 aromatic rings. The zero-order chi connectivity index (χ0) is 13.4. The van der Waals surface area contributed by atoms with Crippen LogP contribution in [0.15, 0.2) is 0 Å². The Bertz CT molecular complexity index is 261. The Labute approximate surface area is 107 Å². The molecule has 0 aliphatic rings. The minimum absolute atomic E-state index is 0.107. The van der Waals surface area contributed by atoms with Crippen molar-refractivity contribution in [1.29, 1.82) is 0 Å². The quantitative estimate of drug-likeness (QED) is 0.598. The van der Waals surface area contributed by atoms with Crippen molar-refractivity contribution in [2.45, 2.75) is 38.8 Å². The first-order valence-corrected chi connectivity index (χ1v) is 7.11. The minimum Gasteiger partial charge on any atom is -0.480 e. The Morgan fingerprint density at radius 3 is 2.47 bits per heavy atom. The number of thioether (sulfide) groups is 1. The first kappa shape index (κ1) is 16.2. The molecule has 17 heavy (non-hydrogen) atoms. The van der Waals surface area contributed by atoms with Gasteiger partial charge in [0, 0.05) is 0 Å². The molecule has 0 unspecified atom stereocenters. The summed E-state index contributed by atoms with van der Waals surface area (Å²) in [5.74, 6) is -0.712. The summed E-state index contributed by atoms with van der Waals surface area (Å²) in [5.41, 5.74) is 5.68. The summed E-state index contributed by atoms with van der Waals surface area (Å²) in [5, 5.41) is 11.5. The first-order chi connectivity index (χ1) is 7.93. The topological polar surface area (TPSA) is 92.4 Å². The van der Waals surface area contributed by atoms with Crippen LogP contribution in [0.2, 0.25) is 0 Å². The fourth-order valence-corrected chi connectivity index (χ4v) is 1.81. The molecule has 0 rings (SSSR count). The van der Waals surface area contributed by atoms with E-state index in [0.29, 0.717) is 12.8 Å². The molecule has 0 saturated heterocycles. The van der Waals surface area contributed by atoms with Crippen LogP contribution >= 0.6 is 11.8 Å². The molecule has 0 bridgehead atoms. The number of carbonyl (C=O) groups is 2. The lowest BCUT2D eigenvalue weighted by atomic mass is 9.99. The first-order valence-electron chi connectivity index (χ1n) is 5.71. The summed E-state index contributed by atoms with van der Waals surface area (Å²) in [6.07, 6.45) is 3.18. The molecule has 6 heteroatoms. The van der Waals surface area contributed by atoms with Crippen molar-refractivity contribution >= 4 is 23.6 Å². The average Bonchev–Trinajstić information content (AvgIpc) is 2.31. The van der Waals surface area contributed by atoms with Gasteiger partial charge in [0.25, 0.3) is 0 Å². The van der Waals surface area contributed by atoms with Crippen LogP contribution in [0.4, 0.5) is 0 Å². The summed E-state index contributed by atoms with van der Waals surface area (Å²) in [6, 6.07) is -1.49. The number of carbonyl (C=O) groups excluding carboxylic acids is 1. The standard InChI is InChI=1S/C11H22N2O3S/c1-4-7(2)9(11(15)16)13-10(14)8(12)5-6-17-3/h7-9H,4-6,12H2,1-3H3,(H,13,14)(H,15,16)/t7-,8-,9-/m0/s1. The van der Waals surface area contributed by atoms with E-state index in [1.807, 2.05) is 13.2 Å². The SMILES string of the molecule is CC[C@H](C)[C@H](NC(=O)[C@@H](N)CCSC)C(=O)O. The fraction of sp³-hybridized carbons (Fsp3) is 0.818. The van der Waals surface area contributed by atoms with Crippen LogP contribution in [0, 0.1) is 5.92 Å². The molecule has 0 aliphatic heterocycles. The molecule has 1 amide bonds. The molecule has 0 radical (unpaired) electrons. The molecular weight excluding hydrogens is 240 g/mol. The van der Waals surface area contributed by atoms with Crippen molar-refractivity contribution in [2.24, 2.45) is 11.7 Å². The van der Waals surface area contributed by atoms with Gasteiger partial charge in [0.15, 0.2) is 0 Å². The molecule has 0 heterocycles. The lowest BCUT2D eigenvalue weighted by molar-refractivity contribution is -0.143. The van der Waals surface area contributed by atoms with Crippen LogP contribution in [0.5, 0.6) is 0 Å². The van der Waals surface area contributed by atoms with Gasteiger partial charge in [-0.05, 0) is 24.3 Å². The van der Waals surface area contributed by atoms with Gasteiger partial charge in [0.1, 0.15) is 6.04 Å². The van der Waals surface area contributed by atoms with Gasteiger partial charge in [0.2, 0.25) is 5.91 Å². The van der Waals surface area contributed by atoms with E-state index in [0.717, 1.165) is 5.75 Å². The van der Waals surface area contributed by atoms with E-state index >= 15 is 0 Å². The molecule has 0 aromatic carbocycles. The summed E-state index contributed by atoms with van der Waals surface area (Å²) in [6.45, 7) is 3.69. The second-order valence-corrected chi connectivity index (χ2v) is 5.08. The van der Waals surface area contributed by atoms with E-state index in [1.165, 1.54) is 0 Å². The summed E-state index contributed by atoms with van der Waals surface area (Å²) in [7, 11) is 0. The van der Waals surface area contributed by atoms with Crippen LogP contribution in [0.3, 0.4) is 0 Å². The zero-order valence-electron chi connectivity index (χ0n) is 10.6. The maximum absolute atomic E-state index is 11.7. The lowest BCUT2D eigenvalue weighted by Gasteiger charge is -2.22. The number of rotatable bonds is 8. The number of nitrogens with two attached hydrogens (primary N) is 1. The summed E-state index contributed by atoms with van der Waals surface area (Å²) >= 11 is 1.61. The number of carboxylic acid groups (broad SMARTS) is 1. The summed E-state index contributed by atoms with van der Waals surface area (Å²) in [4.78, 5) is 22.7. The second kappa shape index (κ2) is 8.36. The van der Waals surface area contributed by atoms with Crippen molar-refractivity contribution in [2.75, 3.05) is 12.0 Å². The minimum atomic E-state index is -1.01. The number of hydrogen-bond acceptors (Lipinski definition) is 4. The van der Waals surface area contributed by atoms with Crippen molar-refractivity contribution < 1.29 is 14.7 Å². The Morgan fingerprint density at radius 1 is 1.47 bits per heavy atom. The van der Waals surface area contributed by atoms with Gasteiger partial charge in [-0.1, -0.05) is 20.3 Å². The van der Waals surface area contributed by atoms with E-state index in [1.54, 1.807) is 18.7 Å². The predicted octanol–water partition coefficient (Wildman–Crippen LogP) is 0.682. The van der Waals surface area contributed by atoms with Crippen LogP contribution in [0.25, 0.3) is 0 Å². The highest BCUT2D eigenvalue weighted by Crippen LogP contribution is 2.08. The molecule has 0 saturated carbocycles. The van der Waals surface area contributed by atoms with E-state index in [4.69, 9.17) is 10.8 Å². The molecule has 4 N–H and O–H groups in total. The largest absolute Gasteiger partial charge is 0.480 e. The lowest BCUT2D eigenvalue weighted by Crippen LogP contribution is -2.51. The van der Waals surface area contributed by atoms with Gasteiger partial charge in [-0.25, -0.2) is 4.79 Å². The van der Waals surface area contributed by atoms with E-state index < -0.39 is 18.1 Å². The number of nitrogens with one attached hydrogen (secondary N) is 1. The Balaban J connectivity index is 4.35. The average molecular weight is 262 g/mol. The predicted molar refractivity (Wildman–Crippen MR) is 70.0 cm³/mol. The van der Waals surface area contributed by atoms with E-state index in [2.05, 4.69) is 5.32 Å². The zero-order valence-corrected chi connectivity index (χ0v) is 11.4. The molecule has 5 nitrogen and oxygen atoms in total. The maximum atomic E-state index is 11.7. The van der Waals surface area contributed by atoms with Crippen LogP contribution in [0.1, 0.15) is 26.7 Å². The molecule has 100 valence electrons. The number of hydrogen-bond donors (Lipinski definition) is 3. The van der Waals surface area contributed by atoms with Crippen molar-refractivity contribution in [3.8, 4) is 0 Å². The molecule has 3 atom stereocenters. The monoisotopic (exact) mass is 262 g/mol. The third-order valence-corrected chi connectivity index (χ3v) is 3.39. The molecule has 0 aliphatic carbocycles. The van der Waals surface area contributed by atoms with Gasteiger partial charge >= 0.3 is 5.97 Å². The number of carboxylic acids is 1. The highest BCUT2D eigenvalue weighted by atomic mass is 32.2.